The average molecular weight is 498 g/mol. The molecule has 0 aliphatic heterocycles. The van der Waals surface area contributed by atoms with E-state index in [0.717, 1.165) is 27.3 Å². The van der Waals surface area contributed by atoms with Crippen molar-refractivity contribution in [2.24, 2.45) is 5.73 Å². The van der Waals surface area contributed by atoms with Crippen LogP contribution >= 0.6 is 11.3 Å². The Bertz CT molecular complexity index is 1600. The number of primary amides is 1. The van der Waals surface area contributed by atoms with Gasteiger partial charge in [-0.2, -0.15) is 0 Å². The number of halogens is 1. The number of amides is 1. The van der Waals surface area contributed by atoms with Crippen LogP contribution in [0, 0.1) is 12.7 Å². The molecule has 5 rings (SSSR count). The standard InChI is InChI=1S/C29H24FN3O2S/c1-3-35-24-12-10-18(14-17(24)2)25-13-11-22(36-25)16-20-7-5-9-23-26(20)33-27(28(32-23)29(31)34)19-6-4-8-21(30)15-19/h4-15H,3,16H2,1-2H3,(H2,31,34). The normalized spacial score (nSPS) is 11.1. The SMILES string of the molecule is CCOc1ccc(-c2ccc(Cc3cccc4nc(C(N)=O)c(-c5cccc(F)c5)nc34)s2)cc1C. The molecule has 0 aliphatic rings. The number of thiophene rings is 1. The van der Waals surface area contributed by atoms with Crippen LogP contribution < -0.4 is 10.5 Å². The molecule has 0 fully saturated rings. The lowest BCUT2D eigenvalue weighted by atomic mass is 10.1. The number of rotatable bonds is 7. The first kappa shape index (κ1) is 23.6. The number of carbonyl (C=O) groups excluding carboxylic acids is 1. The number of ether oxygens (including phenoxy) is 1. The summed E-state index contributed by atoms with van der Waals surface area (Å²) < 4.78 is 19.6. The molecule has 7 heteroatoms. The van der Waals surface area contributed by atoms with Crippen molar-refractivity contribution in [3.05, 3.63) is 100 Å². The molecule has 2 aromatic heterocycles. The average Bonchev–Trinajstić information content (AvgIpc) is 3.33. The third-order valence-corrected chi connectivity index (χ3v) is 7.03. The van der Waals surface area contributed by atoms with Crippen LogP contribution in [0.1, 0.15) is 33.4 Å². The molecular formula is C29H24FN3O2S. The Morgan fingerprint density at radius 1 is 1.00 bits per heavy atom. The number of benzene rings is 3. The van der Waals surface area contributed by atoms with Crippen LogP contribution in [0.15, 0.2) is 72.8 Å². The smallest absolute Gasteiger partial charge is 0.269 e. The Kier molecular flexibility index (Phi) is 6.48. The highest BCUT2D eigenvalue weighted by Gasteiger charge is 2.18. The van der Waals surface area contributed by atoms with Gasteiger partial charge in [0.25, 0.3) is 5.91 Å². The number of aromatic nitrogens is 2. The molecule has 0 spiro atoms. The summed E-state index contributed by atoms with van der Waals surface area (Å²) in [6, 6.07) is 22.1. The lowest BCUT2D eigenvalue weighted by Crippen LogP contribution is -2.16. The quantitative estimate of drug-likeness (QED) is 0.276. The lowest BCUT2D eigenvalue weighted by Gasteiger charge is -2.11. The van der Waals surface area contributed by atoms with Crippen LogP contribution in [-0.4, -0.2) is 22.5 Å². The van der Waals surface area contributed by atoms with Crippen LogP contribution in [-0.2, 0) is 6.42 Å². The number of aryl methyl sites for hydroxylation is 1. The van der Waals surface area contributed by atoms with E-state index in [0.29, 0.717) is 29.6 Å². The summed E-state index contributed by atoms with van der Waals surface area (Å²) in [5.41, 5.74) is 10.8. The fourth-order valence-corrected chi connectivity index (χ4v) is 5.25. The highest BCUT2D eigenvalue weighted by atomic mass is 32.1. The van der Waals surface area contributed by atoms with Crippen LogP contribution in [0.2, 0.25) is 0 Å². The predicted molar refractivity (Wildman–Crippen MR) is 142 cm³/mol. The minimum atomic E-state index is -0.706. The Balaban J connectivity index is 1.52. The maximum Gasteiger partial charge on any atom is 0.269 e. The molecule has 5 aromatic rings. The Hall–Kier alpha value is -4.10. The third kappa shape index (κ3) is 4.70. The predicted octanol–water partition coefficient (Wildman–Crippen LogP) is 6.56. The number of para-hydroxylation sites is 1. The summed E-state index contributed by atoms with van der Waals surface area (Å²) in [6.45, 7) is 4.67. The van der Waals surface area contributed by atoms with Crippen LogP contribution in [0.25, 0.3) is 32.7 Å². The van der Waals surface area contributed by atoms with Crippen molar-refractivity contribution in [1.82, 2.24) is 9.97 Å². The second-order valence-corrected chi connectivity index (χ2v) is 9.60. The van der Waals surface area contributed by atoms with Crippen molar-refractivity contribution in [2.75, 3.05) is 6.61 Å². The van der Waals surface area contributed by atoms with Gasteiger partial charge in [0.05, 0.1) is 17.6 Å². The van der Waals surface area contributed by atoms with Gasteiger partial charge in [-0.25, -0.2) is 14.4 Å². The second-order valence-electron chi connectivity index (χ2n) is 8.44. The summed E-state index contributed by atoms with van der Waals surface area (Å²) in [7, 11) is 0. The molecule has 180 valence electrons. The highest BCUT2D eigenvalue weighted by Crippen LogP contribution is 2.33. The van der Waals surface area contributed by atoms with Gasteiger partial charge < -0.3 is 10.5 Å². The first-order valence-electron chi connectivity index (χ1n) is 11.6. The van der Waals surface area contributed by atoms with E-state index in [1.807, 2.05) is 32.0 Å². The molecule has 0 atom stereocenters. The largest absolute Gasteiger partial charge is 0.494 e. The van der Waals surface area contributed by atoms with Gasteiger partial charge in [-0.1, -0.05) is 24.3 Å². The van der Waals surface area contributed by atoms with Crippen LogP contribution in [0.4, 0.5) is 4.39 Å². The zero-order valence-corrected chi connectivity index (χ0v) is 20.7. The van der Waals surface area contributed by atoms with Crippen molar-refractivity contribution in [3.63, 3.8) is 0 Å². The molecule has 2 heterocycles. The van der Waals surface area contributed by atoms with Gasteiger partial charge in [0.15, 0.2) is 5.69 Å². The van der Waals surface area contributed by atoms with Crippen molar-refractivity contribution in [2.45, 2.75) is 20.3 Å². The lowest BCUT2D eigenvalue weighted by molar-refractivity contribution is 0.0996. The molecule has 0 unspecified atom stereocenters. The fraction of sp³-hybridized carbons (Fsp3) is 0.138. The fourth-order valence-electron chi connectivity index (χ4n) is 4.22. The Morgan fingerprint density at radius 2 is 1.83 bits per heavy atom. The molecule has 1 amide bonds. The topological polar surface area (TPSA) is 78.1 Å². The monoisotopic (exact) mass is 497 g/mol. The van der Waals surface area contributed by atoms with E-state index in [1.54, 1.807) is 29.5 Å². The number of fused-ring (bicyclic) bond motifs is 1. The second kappa shape index (κ2) is 9.87. The number of nitrogens with zero attached hydrogens (tertiary/aromatic N) is 2. The van der Waals surface area contributed by atoms with Gasteiger partial charge in [-0.3, -0.25) is 4.79 Å². The molecule has 36 heavy (non-hydrogen) atoms. The van der Waals surface area contributed by atoms with Gasteiger partial charge in [-0.05, 0) is 79.1 Å². The molecule has 3 aromatic carbocycles. The molecule has 0 radical (unpaired) electrons. The first-order valence-corrected chi connectivity index (χ1v) is 12.4. The maximum absolute atomic E-state index is 13.9. The van der Waals surface area contributed by atoms with E-state index in [9.17, 15) is 9.18 Å². The van der Waals surface area contributed by atoms with Crippen LogP contribution in [0.5, 0.6) is 5.75 Å². The molecule has 0 aliphatic carbocycles. The Labute approximate surface area is 212 Å². The molecule has 0 saturated heterocycles. The Morgan fingerprint density at radius 3 is 2.58 bits per heavy atom. The van der Waals surface area contributed by atoms with Gasteiger partial charge in [0.2, 0.25) is 0 Å². The summed E-state index contributed by atoms with van der Waals surface area (Å²) in [4.78, 5) is 23.7. The van der Waals surface area contributed by atoms with Crippen molar-refractivity contribution in [1.29, 1.82) is 0 Å². The van der Waals surface area contributed by atoms with Gasteiger partial charge in [-0.15, -0.1) is 11.3 Å². The minimum absolute atomic E-state index is 0.0227. The summed E-state index contributed by atoms with van der Waals surface area (Å²) in [6.07, 6.45) is 0.644. The van der Waals surface area contributed by atoms with Crippen molar-refractivity contribution < 1.29 is 13.9 Å². The number of hydrogen-bond acceptors (Lipinski definition) is 5. The van der Waals surface area contributed by atoms with Gasteiger partial charge in [0, 0.05) is 21.7 Å². The van der Waals surface area contributed by atoms with E-state index >= 15 is 0 Å². The zero-order valence-electron chi connectivity index (χ0n) is 19.9. The van der Waals surface area contributed by atoms with E-state index < -0.39 is 11.7 Å². The van der Waals surface area contributed by atoms with E-state index in [-0.39, 0.29) is 11.4 Å². The van der Waals surface area contributed by atoms with E-state index in [2.05, 4.69) is 29.2 Å². The highest BCUT2D eigenvalue weighted by molar-refractivity contribution is 7.15. The van der Waals surface area contributed by atoms with Gasteiger partial charge in [0.1, 0.15) is 17.3 Å². The minimum Gasteiger partial charge on any atom is -0.494 e. The van der Waals surface area contributed by atoms with E-state index in [4.69, 9.17) is 15.5 Å². The molecule has 0 saturated carbocycles. The van der Waals surface area contributed by atoms with Gasteiger partial charge >= 0.3 is 0 Å². The molecule has 5 nitrogen and oxygen atoms in total. The molecule has 0 bridgehead atoms. The van der Waals surface area contributed by atoms with Crippen LogP contribution in [0.3, 0.4) is 0 Å². The summed E-state index contributed by atoms with van der Waals surface area (Å²) in [5.74, 6) is -0.229. The van der Waals surface area contributed by atoms with Crippen molar-refractivity contribution in [3.8, 4) is 27.4 Å². The van der Waals surface area contributed by atoms with Crippen molar-refractivity contribution >= 4 is 28.3 Å². The zero-order chi connectivity index (χ0) is 25.2. The number of nitrogens with two attached hydrogens (primary N) is 1. The van der Waals surface area contributed by atoms with E-state index in [1.165, 1.54) is 17.0 Å². The summed E-state index contributed by atoms with van der Waals surface area (Å²) in [5, 5.41) is 0. The number of hydrogen-bond donors (Lipinski definition) is 1. The number of carbonyl (C=O) groups is 1. The molecular weight excluding hydrogens is 473 g/mol. The molecule has 2 N–H and O–H groups in total. The first-order chi connectivity index (χ1) is 17.4. The third-order valence-electron chi connectivity index (χ3n) is 5.90. The maximum atomic E-state index is 13.9. The summed E-state index contributed by atoms with van der Waals surface area (Å²) >= 11 is 1.72.